The van der Waals surface area contributed by atoms with E-state index in [4.69, 9.17) is 4.74 Å². The fourth-order valence-electron chi connectivity index (χ4n) is 2.14. The number of rotatable bonds is 4. The number of aromatic amines is 1. The van der Waals surface area contributed by atoms with Crippen molar-refractivity contribution < 1.29 is 19.7 Å². The van der Waals surface area contributed by atoms with Crippen LogP contribution in [0.2, 0.25) is 0 Å². The minimum absolute atomic E-state index is 0.179. The molecule has 2 rings (SSSR count). The number of alkyl carbamates (subject to hydrolysis) is 1. The lowest BCUT2D eigenvalue weighted by molar-refractivity contribution is 0.0130. The predicted molar refractivity (Wildman–Crippen MR) is 87.6 cm³/mol. The number of aromatic nitrogens is 2. The molecule has 0 fully saturated rings. The Morgan fingerprint density at radius 2 is 2.08 bits per heavy atom. The number of aliphatic hydroxyl groups is 2. The molecule has 130 valence electrons. The second-order valence-electron chi connectivity index (χ2n) is 6.44. The quantitative estimate of drug-likeness (QED) is 0.656. The summed E-state index contributed by atoms with van der Waals surface area (Å²) >= 11 is 0. The van der Waals surface area contributed by atoms with Crippen LogP contribution in [0.3, 0.4) is 0 Å². The zero-order valence-corrected chi connectivity index (χ0v) is 13.7. The topological polar surface area (TPSA) is 125 Å². The van der Waals surface area contributed by atoms with Gasteiger partial charge in [-0.15, -0.1) is 0 Å². The van der Waals surface area contributed by atoms with Gasteiger partial charge in [0.2, 0.25) is 0 Å². The van der Waals surface area contributed by atoms with Gasteiger partial charge in [0, 0.05) is 11.9 Å². The smallest absolute Gasteiger partial charge is 0.407 e. The molecule has 1 amide bonds. The minimum Gasteiger partial charge on any atom is -0.444 e. The normalized spacial score (nSPS) is 14.2. The van der Waals surface area contributed by atoms with E-state index in [0.29, 0.717) is 16.3 Å². The molecule has 8 nitrogen and oxygen atoms in total. The van der Waals surface area contributed by atoms with Crippen molar-refractivity contribution in [1.82, 2.24) is 15.5 Å². The first-order valence-corrected chi connectivity index (χ1v) is 7.48. The summed E-state index contributed by atoms with van der Waals surface area (Å²) in [4.78, 5) is 23.2. The SMILES string of the molecule is CC(C)(C)OC(=O)NCC(O)C(O)c1ccc2c(=O)[nH]ncc2c1. The number of fused-ring (bicyclic) bond motifs is 1. The maximum atomic E-state index is 11.6. The van der Waals surface area contributed by atoms with Crippen molar-refractivity contribution >= 4 is 16.9 Å². The number of aliphatic hydroxyl groups excluding tert-OH is 2. The summed E-state index contributed by atoms with van der Waals surface area (Å²) in [6, 6.07) is 4.65. The van der Waals surface area contributed by atoms with Crippen LogP contribution in [-0.4, -0.2) is 44.8 Å². The Morgan fingerprint density at radius 3 is 2.75 bits per heavy atom. The van der Waals surface area contributed by atoms with E-state index in [0.717, 1.165) is 0 Å². The second-order valence-corrected chi connectivity index (χ2v) is 6.44. The van der Waals surface area contributed by atoms with E-state index in [-0.39, 0.29) is 12.1 Å². The lowest BCUT2D eigenvalue weighted by atomic mass is 10.0. The minimum atomic E-state index is -1.23. The number of benzene rings is 1. The van der Waals surface area contributed by atoms with E-state index in [1.54, 1.807) is 39.0 Å². The third-order valence-corrected chi connectivity index (χ3v) is 3.25. The highest BCUT2D eigenvalue weighted by Crippen LogP contribution is 2.20. The highest BCUT2D eigenvalue weighted by Gasteiger charge is 2.21. The number of amides is 1. The van der Waals surface area contributed by atoms with E-state index in [2.05, 4.69) is 15.5 Å². The van der Waals surface area contributed by atoms with Crippen molar-refractivity contribution in [1.29, 1.82) is 0 Å². The number of hydrogen-bond donors (Lipinski definition) is 4. The molecule has 24 heavy (non-hydrogen) atoms. The maximum absolute atomic E-state index is 11.6. The third-order valence-electron chi connectivity index (χ3n) is 3.25. The van der Waals surface area contributed by atoms with Crippen molar-refractivity contribution in [3.63, 3.8) is 0 Å². The van der Waals surface area contributed by atoms with E-state index in [1.807, 2.05) is 0 Å². The van der Waals surface area contributed by atoms with Crippen molar-refractivity contribution in [2.75, 3.05) is 6.54 Å². The van der Waals surface area contributed by atoms with Crippen molar-refractivity contribution in [3.05, 3.63) is 40.3 Å². The highest BCUT2D eigenvalue weighted by atomic mass is 16.6. The zero-order chi connectivity index (χ0) is 17.9. The summed E-state index contributed by atoms with van der Waals surface area (Å²) in [6.07, 6.45) is -1.69. The van der Waals surface area contributed by atoms with Crippen molar-refractivity contribution in [2.45, 2.75) is 38.6 Å². The molecule has 0 aliphatic carbocycles. The van der Waals surface area contributed by atoms with Crippen LogP contribution in [0.4, 0.5) is 4.79 Å². The lowest BCUT2D eigenvalue weighted by Crippen LogP contribution is -2.38. The summed E-state index contributed by atoms with van der Waals surface area (Å²) in [5, 5.41) is 29.6. The first-order valence-electron chi connectivity index (χ1n) is 7.48. The first kappa shape index (κ1) is 17.9. The zero-order valence-electron chi connectivity index (χ0n) is 13.7. The molecule has 0 bridgehead atoms. The molecule has 8 heteroatoms. The maximum Gasteiger partial charge on any atom is 0.407 e. The van der Waals surface area contributed by atoms with Crippen LogP contribution < -0.4 is 10.9 Å². The van der Waals surface area contributed by atoms with Crippen molar-refractivity contribution in [2.24, 2.45) is 0 Å². The van der Waals surface area contributed by atoms with Gasteiger partial charge in [-0.3, -0.25) is 4.79 Å². The Bertz CT molecular complexity index is 781. The van der Waals surface area contributed by atoms with Crippen LogP contribution in [0, 0.1) is 0 Å². The molecule has 4 N–H and O–H groups in total. The summed E-state index contributed by atoms with van der Waals surface area (Å²) in [5.74, 6) is 0. The molecule has 2 aromatic rings. The Hall–Kier alpha value is -2.45. The average Bonchev–Trinajstić information content (AvgIpc) is 2.50. The molecule has 0 aliphatic rings. The summed E-state index contributed by atoms with van der Waals surface area (Å²) in [6.45, 7) is 5.00. The summed E-state index contributed by atoms with van der Waals surface area (Å²) < 4.78 is 5.06. The van der Waals surface area contributed by atoms with E-state index >= 15 is 0 Å². The molecular weight excluding hydrogens is 314 g/mol. The highest BCUT2D eigenvalue weighted by molar-refractivity contribution is 5.81. The molecule has 1 aromatic heterocycles. The second kappa shape index (κ2) is 6.98. The molecule has 0 spiro atoms. The number of carbonyl (C=O) groups excluding carboxylic acids is 1. The fraction of sp³-hybridized carbons (Fsp3) is 0.438. The monoisotopic (exact) mass is 335 g/mol. The molecule has 0 radical (unpaired) electrons. The number of nitrogens with zero attached hydrogens (tertiary/aromatic N) is 1. The summed E-state index contributed by atoms with van der Waals surface area (Å²) in [7, 11) is 0. The van der Waals surface area contributed by atoms with Crippen LogP contribution in [0.5, 0.6) is 0 Å². The summed E-state index contributed by atoms with van der Waals surface area (Å²) in [5.41, 5.74) is -0.569. The third kappa shape index (κ3) is 4.53. The van der Waals surface area contributed by atoms with Crippen LogP contribution in [0.25, 0.3) is 10.8 Å². The van der Waals surface area contributed by atoms with Gasteiger partial charge >= 0.3 is 6.09 Å². The molecule has 0 saturated heterocycles. The molecule has 1 aromatic carbocycles. The van der Waals surface area contributed by atoms with Gasteiger partial charge in [0.25, 0.3) is 5.56 Å². The van der Waals surface area contributed by atoms with Gasteiger partial charge in [0.15, 0.2) is 0 Å². The van der Waals surface area contributed by atoms with Crippen LogP contribution >= 0.6 is 0 Å². The Balaban J connectivity index is 2.04. The van der Waals surface area contributed by atoms with Crippen LogP contribution in [0.15, 0.2) is 29.2 Å². The standard InChI is InChI=1S/C16H21N3O5/c1-16(2,3)24-15(23)17-8-12(20)13(21)9-4-5-11-10(6-9)7-18-19-14(11)22/h4-7,12-13,20-21H,8H2,1-3H3,(H,17,23)(H,19,22). The van der Waals surface area contributed by atoms with Gasteiger partial charge in [-0.2, -0.15) is 5.10 Å². The number of ether oxygens (including phenoxy) is 1. The van der Waals surface area contributed by atoms with Gasteiger partial charge in [-0.05, 0) is 38.5 Å². The molecular formula is C16H21N3O5. The van der Waals surface area contributed by atoms with Crippen LogP contribution in [0.1, 0.15) is 32.4 Å². The molecule has 2 atom stereocenters. The Labute approximate surface area is 138 Å². The van der Waals surface area contributed by atoms with Gasteiger partial charge in [0.05, 0.1) is 11.6 Å². The van der Waals surface area contributed by atoms with E-state index in [1.165, 1.54) is 6.20 Å². The van der Waals surface area contributed by atoms with Gasteiger partial charge in [0.1, 0.15) is 17.8 Å². The van der Waals surface area contributed by atoms with Gasteiger partial charge < -0.3 is 20.3 Å². The first-order chi connectivity index (χ1) is 11.2. The predicted octanol–water partition coefficient (Wildman–Crippen LogP) is 0.842. The van der Waals surface area contributed by atoms with Crippen LogP contribution in [-0.2, 0) is 4.74 Å². The fourth-order valence-corrected chi connectivity index (χ4v) is 2.14. The molecule has 2 unspecified atom stereocenters. The molecule has 0 saturated carbocycles. The number of hydrogen-bond acceptors (Lipinski definition) is 6. The largest absolute Gasteiger partial charge is 0.444 e. The van der Waals surface area contributed by atoms with E-state index in [9.17, 15) is 19.8 Å². The Morgan fingerprint density at radius 1 is 1.38 bits per heavy atom. The Kier molecular flexibility index (Phi) is 5.20. The van der Waals surface area contributed by atoms with Crippen molar-refractivity contribution in [3.8, 4) is 0 Å². The number of H-pyrrole nitrogens is 1. The van der Waals surface area contributed by atoms with Gasteiger partial charge in [-0.25, -0.2) is 9.89 Å². The van der Waals surface area contributed by atoms with Gasteiger partial charge in [-0.1, -0.05) is 6.07 Å². The average molecular weight is 335 g/mol. The number of carbonyl (C=O) groups is 1. The van der Waals surface area contributed by atoms with E-state index < -0.39 is 23.9 Å². The lowest BCUT2D eigenvalue weighted by Gasteiger charge is -2.22. The molecule has 1 heterocycles. The number of nitrogens with one attached hydrogen (secondary N) is 2. The molecule has 0 aliphatic heterocycles.